The third-order valence-corrected chi connectivity index (χ3v) is 3.43. The minimum Gasteiger partial charge on any atom is -0.361 e. The van der Waals surface area contributed by atoms with Crippen LogP contribution in [0.25, 0.3) is 10.9 Å². The Morgan fingerprint density at radius 3 is 2.86 bits per heavy atom. The molecule has 0 spiro atoms. The molecule has 0 aliphatic heterocycles. The summed E-state index contributed by atoms with van der Waals surface area (Å²) in [6.45, 7) is 0. The predicted octanol–water partition coefficient (Wildman–Crippen LogP) is 4.48. The van der Waals surface area contributed by atoms with Gasteiger partial charge in [0.05, 0.1) is 10.6 Å². The monoisotopic (exact) mass is 299 g/mol. The number of nitro groups is 1. The number of nitrogens with zero attached hydrogens (tertiary/aromatic N) is 2. The Bertz CT molecular complexity index is 855. The summed E-state index contributed by atoms with van der Waals surface area (Å²) < 4.78 is 0. The molecule has 1 heterocycles. The van der Waals surface area contributed by atoms with E-state index < -0.39 is 4.92 Å². The topological polar surface area (TPSA) is 71.3 Å². The number of aromatic amines is 1. The maximum absolute atomic E-state index is 10.8. The average Bonchev–Trinajstić information content (AvgIpc) is 2.93. The van der Waals surface area contributed by atoms with Crippen LogP contribution in [0.15, 0.2) is 53.7 Å². The van der Waals surface area contributed by atoms with Gasteiger partial charge in [0, 0.05) is 40.6 Å². The molecule has 0 aliphatic rings. The second-order valence-corrected chi connectivity index (χ2v) is 4.88. The second-order valence-electron chi connectivity index (χ2n) is 4.47. The van der Waals surface area contributed by atoms with Gasteiger partial charge in [-0.25, -0.2) is 0 Å². The fourth-order valence-electron chi connectivity index (χ4n) is 2.00. The number of rotatable bonds is 3. The lowest BCUT2D eigenvalue weighted by Gasteiger charge is -1.99. The van der Waals surface area contributed by atoms with E-state index in [1.54, 1.807) is 0 Å². The van der Waals surface area contributed by atoms with Gasteiger partial charge in [-0.1, -0.05) is 17.7 Å². The lowest BCUT2D eigenvalue weighted by atomic mass is 10.2. The van der Waals surface area contributed by atoms with E-state index in [9.17, 15) is 10.1 Å². The predicted molar refractivity (Wildman–Crippen MR) is 83.7 cm³/mol. The smallest absolute Gasteiger partial charge is 0.270 e. The number of hydrogen-bond donors (Lipinski definition) is 1. The summed E-state index contributed by atoms with van der Waals surface area (Å²) in [5.41, 5.74) is 2.22. The lowest BCUT2D eigenvalue weighted by molar-refractivity contribution is -0.384. The Balaban J connectivity index is 1.94. The molecule has 0 amide bonds. The maximum atomic E-state index is 10.8. The third kappa shape index (κ3) is 2.78. The average molecular weight is 300 g/mol. The van der Waals surface area contributed by atoms with Crippen LogP contribution in [0.5, 0.6) is 0 Å². The highest BCUT2D eigenvalue weighted by molar-refractivity contribution is 6.33. The Hall–Kier alpha value is -2.66. The first kappa shape index (κ1) is 13.3. The van der Waals surface area contributed by atoms with Crippen LogP contribution < -0.4 is 0 Å². The molecule has 21 heavy (non-hydrogen) atoms. The van der Waals surface area contributed by atoms with Crippen LogP contribution in [0.4, 0.5) is 11.4 Å². The molecule has 0 atom stereocenters. The SMILES string of the molecule is O=[N+]([O-])c1ccc(Cl)c(C=Nc2ccc3cc[nH]c3c2)c1. The Kier molecular flexibility index (Phi) is 3.41. The van der Waals surface area contributed by atoms with Gasteiger partial charge in [0.2, 0.25) is 0 Å². The van der Waals surface area contributed by atoms with Crippen molar-refractivity contribution in [2.45, 2.75) is 0 Å². The van der Waals surface area contributed by atoms with Crippen LogP contribution in [-0.2, 0) is 0 Å². The van der Waals surface area contributed by atoms with Crippen molar-refractivity contribution in [1.29, 1.82) is 0 Å². The molecule has 5 nitrogen and oxygen atoms in total. The zero-order valence-corrected chi connectivity index (χ0v) is 11.5. The lowest BCUT2D eigenvalue weighted by Crippen LogP contribution is -1.90. The van der Waals surface area contributed by atoms with Gasteiger partial charge in [-0.2, -0.15) is 0 Å². The number of fused-ring (bicyclic) bond motifs is 1. The summed E-state index contributed by atoms with van der Waals surface area (Å²) in [5, 5.41) is 12.3. The van der Waals surface area contributed by atoms with Crippen LogP contribution in [0.1, 0.15) is 5.56 Å². The molecule has 3 rings (SSSR count). The number of benzene rings is 2. The summed E-state index contributed by atoms with van der Waals surface area (Å²) in [5.74, 6) is 0. The van der Waals surface area contributed by atoms with E-state index in [0.29, 0.717) is 10.6 Å². The number of nitrogens with one attached hydrogen (secondary N) is 1. The van der Waals surface area contributed by atoms with E-state index in [1.165, 1.54) is 24.4 Å². The minimum absolute atomic E-state index is 0.0133. The van der Waals surface area contributed by atoms with Crippen LogP contribution >= 0.6 is 11.6 Å². The highest BCUT2D eigenvalue weighted by Gasteiger charge is 2.08. The first-order valence-electron chi connectivity index (χ1n) is 6.18. The molecule has 0 saturated heterocycles. The standard InChI is InChI=1S/C15H10ClN3O2/c16-14-4-3-13(19(20)21)7-11(14)9-18-12-2-1-10-5-6-17-15(10)8-12/h1-9,17H. The molecule has 0 fully saturated rings. The van der Waals surface area contributed by atoms with Crippen LogP contribution in [0.2, 0.25) is 5.02 Å². The van der Waals surface area contributed by atoms with Crippen molar-refractivity contribution in [3.05, 3.63) is 69.4 Å². The molecule has 2 aromatic carbocycles. The number of nitro benzene ring substituents is 1. The summed E-state index contributed by atoms with van der Waals surface area (Å²) in [7, 11) is 0. The maximum Gasteiger partial charge on any atom is 0.270 e. The summed E-state index contributed by atoms with van der Waals surface area (Å²) in [6, 6.07) is 12.0. The number of aliphatic imine (C=N–C) groups is 1. The molecule has 0 radical (unpaired) electrons. The molecule has 1 N–H and O–H groups in total. The first-order chi connectivity index (χ1) is 10.1. The first-order valence-corrected chi connectivity index (χ1v) is 6.56. The Morgan fingerprint density at radius 2 is 2.05 bits per heavy atom. The minimum atomic E-state index is -0.460. The van der Waals surface area contributed by atoms with Crippen LogP contribution in [0.3, 0.4) is 0 Å². The number of H-pyrrole nitrogens is 1. The number of aromatic nitrogens is 1. The quantitative estimate of drug-likeness (QED) is 0.440. The van der Waals surface area contributed by atoms with Crippen LogP contribution in [0, 0.1) is 10.1 Å². The molecular formula is C15H10ClN3O2. The van der Waals surface area contributed by atoms with Crippen molar-refractivity contribution in [2.75, 3.05) is 0 Å². The van der Waals surface area contributed by atoms with Gasteiger partial charge in [-0.3, -0.25) is 15.1 Å². The summed E-state index contributed by atoms with van der Waals surface area (Å²) >= 11 is 6.02. The fraction of sp³-hybridized carbons (Fsp3) is 0. The molecule has 104 valence electrons. The van der Waals surface area contributed by atoms with Crippen molar-refractivity contribution in [1.82, 2.24) is 4.98 Å². The van der Waals surface area contributed by atoms with Gasteiger partial charge >= 0.3 is 0 Å². The molecule has 0 saturated carbocycles. The van der Waals surface area contributed by atoms with Gasteiger partial charge in [0.15, 0.2) is 0 Å². The summed E-state index contributed by atoms with van der Waals surface area (Å²) in [6.07, 6.45) is 3.38. The van der Waals surface area contributed by atoms with E-state index >= 15 is 0 Å². The molecule has 0 aliphatic carbocycles. The largest absolute Gasteiger partial charge is 0.361 e. The van der Waals surface area contributed by atoms with Gasteiger partial charge in [-0.05, 0) is 29.7 Å². The van der Waals surface area contributed by atoms with Crippen molar-refractivity contribution in [3.63, 3.8) is 0 Å². The van der Waals surface area contributed by atoms with E-state index in [4.69, 9.17) is 11.6 Å². The van der Waals surface area contributed by atoms with Gasteiger partial charge < -0.3 is 4.98 Å². The van der Waals surface area contributed by atoms with Gasteiger partial charge in [0.25, 0.3) is 5.69 Å². The van der Waals surface area contributed by atoms with Gasteiger partial charge in [0.1, 0.15) is 0 Å². The molecule has 3 aromatic rings. The van der Waals surface area contributed by atoms with Crippen molar-refractivity contribution >= 4 is 40.1 Å². The normalized spacial score (nSPS) is 11.3. The summed E-state index contributed by atoms with van der Waals surface area (Å²) in [4.78, 5) is 17.7. The number of hydrogen-bond acceptors (Lipinski definition) is 3. The third-order valence-electron chi connectivity index (χ3n) is 3.08. The highest BCUT2D eigenvalue weighted by atomic mass is 35.5. The molecule has 6 heteroatoms. The zero-order chi connectivity index (χ0) is 14.8. The fourth-order valence-corrected chi connectivity index (χ4v) is 2.17. The number of halogens is 1. The molecule has 1 aromatic heterocycles. The van der Waals surface area contributed by atoms with E-state index in [0.717, 1.165) is 16.6 Å². The number of non-ortho nitro benzene ring substituents is 1. The molecule has 0 unspecified atom stereocenters. The van der Waals surface area contributed by atoms with Crippen molar-refractivity contribution in [3.8, 4) is 0 Å². The van der Waals surface area contributed by atoms with Crippen molar-refractivity contribution < 1.29 is 4.92 Å². The van der Waals surface area contributed by atoms with E-state index in [1.807, 2.05) is 30.5 Å². The zero-order valence-electron chi connectivity index (χ0n) is 10.8. The van der Waals surface area contributed by atoms with Crippen LogP contribution in [-0.4, -0.2) is 16.1 Å². The van der Waals surface area contributed by atoms with Gasteiger partial charge in [-0.15, -0.1) is 0 Å². The Morgan fingerprint density at radius 1 is 1.19 bits per heavy atom. The van der Waals surface area contributed by atoms with E-state index in [-0.39, 0.29) is 5.69 Å². The highest BCUT2D eigenvalue weighted by Crippen LogP contribution is 2.23. The Labute approximate surface area is 125 Å². The van der Waals surface area contributed by atoms with E-state index in [2.05, 4.69) is 9.98 Å². The molecular weight excluding hydrogens is 290 g/mol. The second kappa shape index (κ2) is 5.38. The van der Waals surface area contributed by atoms with Crippen molar-refractivity contribution in [2.24, 2.45) is 4.99 Å². The molecule has 0 bridgehead atoms.